The van der Waals surface area contributed by atoms with E-state index in [4.69, 9.17) is 14.6 Å². The average molecular weight is 539 g/mol. The molecule has 0 saturated carbocycles. The Hall–Kier alpha value is -3.88. The van der Waals surface area contributed by atoms with E-state index in [-0.39, 0.29) is 35.7 Å². The summed E-state index contributed by atoms with van der Waals surface area (Å²) >= 11 is 0. The van der Waals surface area contributed by atoms with Crippen molar-refractivity contribution < 1.29 is 23.5 Å². The minimum atomic E-state index is -0.439. The van der Waals surface area contributed by atoms with Crippen LogP contribution in [0.3, 0.4) is 0 Å². The molecule has 0 saturated heterocycles. The molecule has 1 atom stereocenters. The largest absolute Gasteiger partial charge is 0.496 e. The Morgan fingerprint density at radius 1 is 1.00 bits per heavy atom. The van der Waals surface area contributed by atoms with Gasteiger partial charge in [-0.15, -0.1) is 0 Å². The first-order valence-electron chi connectivity index (χ1n) is 13.4. The molecule has 0 fully saturated rings. The maximum absolute atomic E-state index is 13.4. The van der Waals surface area contributed by atoms with Crippen molar-refractivity contribution in [3.63, 3.8) is 0 Å². The Bertz CT molecular complexity index is 1230. The van der Waals surface area contributed by atoms with E-state index in [0.717, 1.165) is 24.1 Å². The summed E-state index contributed by atoms with van der Waals surface area (Å²) in [7, 11) is 3.19. The summed E-state index contributed by atoms with van der Waals surface area (Å²) in [5.74, 6) is 0.552. The topological polar surface area (TPSA) is 94.5 Å². The highest BCUT2D eigenvalue weighted by Crippen LogP contribution is 2.39. The minimum Gasteiger partial charge on any atom is -0.496 e. The van der Waals surface area contributed by atoms with Crippen molar-refractivity contribution in [1.29, 1.82) is 0 Å². The highest BCUT2D eigenvalue weighted by molar-refractivity contribution is 5.95. The second-order valence-corrected chi connectivity index (χ2v) is 9.90. The molecule has 2 N–H and O–H groups in total. The van der Waals surface area contributed by atoms with Crippen molar-refractivity contribution in [2.24, 2.45) is 11.8 Å². The van der Waals surface area contributed by atoms with E-state index in [2.05, 4.69) is 24.5 Å². The van der Waals surface area contributed by atoms with Gasteiger partial charge in [-0.2, -0.15) is 5.10 Å². The molecular weight excluding hydrogens is 499 g/mol. The molecule has 210 valence electrons. The Labute approximate surface area is 229 Å². The lowest BCUT2D eigenvalue weighted by atomic mass is 10.00. The number of benzene rings is 2. The minimum absolute atomic E-state index is 0.0200. The molecule has 0 radical (unpaired) electrons. The monoisotopic (exact) mass is 538 g/mol. The smallest absolute Gasteiger partial charge is 0.272 e. The fourth-order valence-corrected chi connectivity index (χ4v) is 4.40. The van der Waals surface area contributed by atoms with Crippen molar-refractivity contribution in [3.05, 3.63) is 60.0 Å². The van der Waals surface area contributed by atoms with Crippen molar-refractivity contribution in [1.82, 2.24) is 15.1 Å². The van der Waals surface area contributed by atoms with Crippen LogP contribution in [0.1, 0.15) is 57.4 Å². The van der Waals surface area contributed by atoms with E-state index in [1.807, 2.05) is 36.7 Å². The van der Waals surface area contributed by atoms with E-state index >= 15 is 0 Å². The Balaban J connectivity index is 1.89. The molecule has 3 rings (SSSR count). The molecule has 1 unspecified atom stereocenters. The maximum atomic E-state index is 13.4. The number of methoxy groups -OCH3 is 2. The molecule has 8 nitrogen and oxygen atoms in total. The number of rotatable bonds is 13. The third kappa shape index (κ3) is 7.59. The van der Waals surface area contributed by atoms with Crippen molar-refractivity contribution in [3.8, 4) is 22.8 Å². The number of hydrogen-bond donors (Lipinski definition) is 2. The second-order valence-electron chi connectivity index (χ2n) is 9.90. The molecule has 2 amide bonds. The van der Waals surface area contributed by atoms with Gasteiger partial charge >= 0.3 is 0 Å². The normalized spacial score (nSPS) is 11.9. The van der Waals surface area contributed by atoms with Crippen LogP contribution < -0.4 is 20.1 Å². The molecule has 39 heavy (non-hydrogen) atoms. The first kappa shape index (κ1) is 29.7. The average Bonchev–Trinajstić information content (AvgIpc) is 3.35. The number of ether oxygens (including phenoxy) is 2. The summed E-state index contributed by atoms with van der Waals surface area (Å²) in [6, 6.07) is 12.4. The van der Waals surface area contributed by atoms with Crippen LogP contribution in [-0.2, 0) is 11.3 Å². The number of anilines is 1. The number of aromatic nitrogens is 2. The van der Waals surface area contributed by atoms with E-state index < -0.39 is 6.04 Å². The van der Waals surface area contributed by atoms with Gasteiger partial charge in [-0.1, -0.05) is 46.6 Å². The number of nitrogens with zero attached hydrogens (tertiary/aromatic N) is 2. The molecule has 1 aromatic heterocycles. The van der Waals surface area contributed by atoms with Gasteiger partial charge in [0, 0.05) is 24.7 Å². The van der Waals surface area contributed by atoms with Crippen LogP contribution in [0, 0.1) is 17.7 Å². The second kappa shape index (κ2) is 13.8. The first-order valence-corrected chi connectivity index (χ1v) is 13.4. The van der Waals surface area contributed by atoms with Gasteiger partial charge in [0.15, 0.2) is 5.69 Å². The molecule has 3 aromatic rings. The number of carbonyl (C=O) groups is 2. The van der Waals surface area contributed by atoms with Gasteiger partial charge in [-0.25, -0.2) is 4.39 Å². The Morgan fingerprint density at radius 2 is 1.62 bits per heavy atom. The lowest BCUT2D eigenvalue weighted by Gasteiger charge is -2.21. The van der Waals surface area contributed by atoms with Crippen molar-refractivity contribution >= 4 is 17.5 Å². The number of carbonyl (C=O) groups excluding carboxylic acids is 2. The molecule has 9 heteroatoms. The van der Waals surface area contributed by atoms with E-state index in [0.29, 0.717) is 29.6 Å². The molecule has 0 aliphatic carbocycles. The van der Waals surface area contributed by atoms with E-state index in [1.165, 1.54) is 24.3 Å². The molecule has 0 bridgehead atoms. The predicted octanol–water partition coefficient (Wildman–Crippen LogP) is 5.93. The lowest BCUT2D eigenvalue weighted by Crippen LogP contribution is -2.41. The highest BCUT2D eigenvalue weighted by Gasteiger charge is 2.25. The van der Waals surface area contributed by atoms with Gasteiger partial charge in [-0.3, -0.25) is 14.3 Å². The predicted molar refractivity (Wildman–Crippen MR) is 151 cm³/mol. The summed E-state index contributed by atoms with van der Waals surface area (Å²) in [5.41, 5.74) is 2.18. The Kier molecular flexibility index (Phi) is 10.5. The summed E-state index contributed by atoms with van der Waals surface area (Å²) in [4.78, 5) is 26.1. The summed E-state index contributed by atoms with van der Waals surface area (Å²) in [5, 5.41) is 10.4. The van der Waals surface area contributed by atoms with Gasteiger partial charge in [0.2, 0.25) is 5.91 Å². The van der Waals surface area contributed by atoms with Crippen LogP contribution in [0.4, 0.5) is 10.1 Å². The van der Waals surface area contributed by atoms with Crippen LogP contribution in [-0.4, -0.2) is 41.9 Å². The highest BCUT2D eigenvalue weighted by atomic mass is 19.1. The number of amides is 2. The SMILES string of the molecule is CCC(CC)Cn1nc(C(=O)NC(CC(=O)Nc2ccc(F)cc2)C(C)C)cc1-c1c(OC)cccc1OC. The number of halogens is 1. The standard InChI is InChI=1S/C30H39FN4O4/c1-7-20(8-2)18-35-25(29-26(38-5)10-9-11-27(29)39-6)16-24(34-35)30(37)33-23(19(3)4)17-28(36)32-22-14-12-21(31)13-15-22/h9-16,19-20,23H,7-8,17-18H2,1-6H3,(H,32,36)(H,33,37). The van der Waals surface area contributed by atoms with Crippen molar-refractivity contribution in [2.75, 3.05) is 19.5 Å². The molecule has 0 spiro atoms. The Morgan fingerprint density at radius 3 is 2.15 bits per heavy atom. The lowest BCUT2D eigenvalue weighted by molar-refractivity contribution is -0.116. The van der Waals surface area contributed by atoms with Gasteiger partial charge < -0.3 is 20.1 Å². The fraction of sp³-hybridized carbons (Fsp3) is 0.433. The summed E-state index contributed by atoms with van der Waals surface area (Å²) < 4.78 is 26.3. The molecule has 0 aliphatic rings. The summed E-state index contributed by atoms with van der Waals surface area (Å²) in [6.07, 6.45) is 2.00. The zero-order chi connectivity index (χ0) is 28.5. The molecular formula is C30H39FN4O4. The van der Waals surface area contributed by atoms with Gasteiger partial charge in [-0.05, 0) is 54.3 Å². The summed E-state index contributed by atoms with van der Waals surface area (Å²) in [6.45, 7) is 8.78. The van der Waals surface area contributed by atoms with E-state index in [9.17, 15) is 14.0 Å². The molecule has 1 heterocycles. The maximum Gasteiger partial charge on any atom is 0.272 e. The first-order chi connectivity index (χ1) is 18.7. The molecule has 0 aliphatic heterocycles. The van der Waals surface area contributed by atoms with Crippen LogP contribution in [0.5, 0.6) is 11.5 Å². The van der Waals surface area contributed by atoms with Gasteiger partial charge in [0.25, 0.3) is 5.91 Å². The van der Waals surface area contributed by atoms with Crippen LogP contribution in [0.2, 0.25) is 0 Å². The third-order valence-electron chi connectivity index (χ3n) is 6.94. The van der Waals surface area contributed by atoms with E-state index in [1.54, 1.807) is 20.3 Å². The van der Waals surface area contributed by atoms with Gasteiger partial charge in [0.05, 0.1) is 25.5 Å². The van der Waals surface area contributed by atoms with Crippen LogP contribution in [0.25, 0.3) is 11.3 Å². The zero-order valence-corrected chi connectivity index (χ0v) is 23.6. The molecule has 2 aromatic carbocycles. The fourth-order valence-electron chi connectivity index (χ4n) is 4.40. The van der Waals surface area contributed by atoms with Gasteiger partial charge in [0.1, 0.15) is 17.3 Å². The van der Waals surface area contributed by atoms with Crippen molar-refractivity contribution in [2.45, 2.75) is 59.5 Å². The quantitative estimate of drug-likeness (QED) is 0.282. The number of nitrogens with one attached hydrogen (secondary N) is 2. The third-order valence-corrected chi connectivity index (χ3v) is 6.94. The number of hydrogen-bond acceptors (Lipinski definition) is 5. The zero-order valence-electron chi connectivity index (χ0n) is 23.6. The van der Waals surface area contributed by atoms with Crippen LogP contribution >= 0.6 is 0 Å². The van der Waals surface area contributed by atoms with Crippen LogP contribution in [0.15, 0.2) is 48.5 Å².